The molecule has 0 aliphatic heterocycles. The van der Waals surface area contributed by atoms with E-state index in [-0.39, 0.29) is 12.0 Å². The maximum atomic E-state index is 13.3. The molecule has 2 aromatic rings. The Morgan fingerprint density at radius 3 is 2.10 bits per heavy atom. The number of esters is 1. The van der Waals surface area contributed by atoms with E-state index in [2.05, 4.69) is 10.6 Å². The minimum absolute atomic E-state index is 0.138. The van der Waals surface area contributed by atoms with E-state index in [1.165, 1.54) is 6.92 Å². The largest absolute Gasteiger partial charge is 0.458 e. The van der Waals surface area contributed by atoms with E-state index in [1.54, 1.807) is 51.1 Å². The average molecular weight is 432 g/mol. The number of halogens is 2. The third-order valence-corrected chi connectivity index (χ3v) is 4.12. The SMILES string of the molecule is C[C@@H](NC(=O)Cc1cc(F)cc(F)c1)C(=O)N[C@H](C(=O)OC(C)(C)C)c1ccccc1. The monoisotopic (exact) mass is 432 g/mol. The number of rotatable bonds is 7. The minimum Gasteiger partial charge on any atom is -0.458 e. The molecule has 0 unspecified atom stereocenters. The van der Waals surface area contributed by atoms with E-state index in [1.807, 2.05) is 0 Å². The van der Waals surface area contributed by atoms with Crippen molar-refractivity contribution in [1.82, 2.24) is 10.6 Å². The van der Waals surface area contributed by atoms with Gasteiger partial charge in [-0.2, -0.15) is 0 Å². The topological polar surface area (TPSA) is 84.5 Å². The highest BCUT2D eigenvalue weighted by Gasteiger charge is 2.29. The van der Waals surface area contributed by atoms with E-state index in [0.717, 1.165) is 12.1 Å². The van der Waals surface area contributed by atoms with Crippen molar-refractivity contribution < 1.29 is 27.9 Å². The summed E-state index contributed by atoms with van der Waals surface area (Å²) in [6.07, 6.45) is -0.305. The van der Waals surface area contributed by atoms with Gasteiger partial charge in [0.15, 0.2) is 6.04 Å². The number of amides is 2. The van der Waals surface area contributed by atoms with Crippen LogP contribution in [0.3, 0.4) is 0 Å². The molecule has 0 bridgehead atoms. The zero-order valence-electron chi connectivity index (χ0n) is 17.9. The van der Waals surface area contributed by atoms with Gasteiger partial charge in [0.05, 0.1) is 6.42 Å². The highest BCUT2D eigenvalue weighted by Crippen LogP contribution is 2.19. The third kappa shape index (κ3) is 7.81. The highest BCUT2D eigenvalue weighted by molar-refractivity contribution is 5.91. The molecule has 2 atom stereocenters. The van der Waals surface area contributed by atoms with Gasteiger partial charge in [0.25, 0.3) is 0 Å². The fourth-order valence-electron chi connectivity index (χ4n) is 2.81. The lowest BCUT2D eigenvalue weighted by molar-refractivity contribution is -0.159. The predicted octanol–water partition coefficient (Wildman–Crippen LogP) is 3.21. The third-order valence-electron chi connectivity index (χ3n) is 4.12. The van der Waals surface area contributed by atoms with E-state index >= 15 is 0 Å². The standard InChI is InChI=1S/C23H26F2N2O4/c1-14(26-19(28)12-15-10-17(24)13-18(25)11-15)21(29)27-20(16-8-6-5-7-9-16)22(30)31-23(2,3)4/h5-11,13-14,20H,12H2,1-4H3,(H,26,28)(H,27,29)/t14-,20+/m1/s1. The molecule has 166 valence electrons. The first kappa shape index (κ1) is 24.0. The Morgan fingerprint density at radius 1 is 0.968 bits per heavy atom. The molecule has 0 heterocycles. The zero-order valence-corrected chi connectivity index (χ0v) is 17.9. The Kier molecular flexibility index (Phi) is 7.85. The van der Waals surface area contributed by atoms with Crippen molar-refractivity contribution in [2.24, 2.45) is 0 Å². The van der Waals surface area contributed by atoms with Gasteiger partial charge in [-0.05, 0) is 51.0 Å². The van der Waals surface area contributed by atoms with Crippen LogP contribution in [0, 0.1) is 11.6 Å². The van der Waals surface area contributed by atoms with Crippen LogP contribution < -0.4 is 10.6 Å². The Hall–Kier alpha value is -3.29. The smallest absolute Gasteiger partial charge is 0.333 e. The van der Waals surface area contributed by atoms with Crippen molar-refractivity contribution in [3.05, 3.63) is 71.3 Å². The number of hydrogen-bond donors (Lipinski definition) is 2. The van der Waals surface area contributed by atoms with Crippen LogP contribution in [0.5, 0.6) is 0 Å². The van der Waals surface area contributed by atoms with Crippen LogP contribution in [0.15, 0.2) is 48.5 Å². The maximum Gasteiger partial charge on any atom is 0.333 e. The number of ether oxygens (including phenoxy) is 1. The van der Waals surface area contributed by atoms with E-state index < -0.39 is 47.1 Å². The summed E-state index contributed by atoms with van der Waals surface area (Å²) in [6.45, 7) is 6.59. The molecule has 0 saturated carbocycles. The Labute approximate surface area is 180 Å². The molecule has 0 spiro atoms. The molecule has 0 radical (unpaired) electrons. The van der Waals surface area contributed by atoms with Gasteiger partial charge in [0.1, 0.15) is 23.3 Å². The normalized spacial score (nSPS) is 13.1. The molecule has 2 aromatic carbocycles. The second-order valence-electron chi connectivity index (χ2n) is 8.13. The first-order chi connectivity index (χ1) is 14.4. The Balaban J connectivity index is 2.06. The summed E-state index contributed by atoms with van der Waals surface area (Å²) >= 11 is 0. The second kappa shape index (κ2) is 10.1. The van der Waals surface area contributed by atoms with Gasteiger partial charge in [-0.3, -0.25) is 9.59 Å². The minimum atomic E-state index is -1.07. The van der Waals surface area contributed by atoms with Crippen molar-refractivity contribution >= 4 is 17.8 Å². The molecule has 0 aromatic heterocycles. The molecule has 0 saturated heterocycles. The van der Waals surface area contributed by atoms with Crippen LogP contribution in [0.25, 0.3) is 0 Å². The van der Waals surface area contributed by atoms with Crippen LogP contribution in [-0.4, -0.2) is 29.4 Å². The lowest BCUT2D eigenvalue weighted by atomic mass is 10.1. The van der Waals surface area contributed by atoms with Gasteiger partial charge in [0.2, 0.25) is 11.8 Å². The number of nitrogens with one attached hydrogen (secondary N) is 2. The molecule has 2 amide bonds. The highest BCUT2D eigenvalue weighted by atomic mass is 19.1. The molecular weight excluding hydrogens is 406 g/mol. The van der Waals surface area contributed by atoms with Crippen molar-refractivity contribution in [2.75, 3.05) is 0 Å². The van der Waals surface area contributed by atoms with Crippen molar-refractivity contribution in [3.8, 4) is 0 Å². The van der Waals surface area contributed by atoms with Gasteiger partial charge < -0.3 is 15.4 Å². The number of carbonyl (C=O) groups is 3. The molecule has 0 fully saturated rings. The second-order valence-corrected chi connectivity index (χ2v) is 8.13. The van der Waals surface area contributed by atoms with Crippen molar-refractivity contribution in [2.45, 2.75) is 51.8 Å². The van der Waals surface area contributed by atoms with E-state index in [0.29, 0.717) is 11.6 Å². The number of carbonyl (C=O) groups excluding carboxylic acids is 3. The van der Waals surface area contributed by atoms with Gasteiger partial charge in [0, 0.05) is 6.07 Å². The van der Waals surface area contributed by atoms with Gasteiger partial charge in [-0.1, -0.05) is 30.3 Å². The molecule has 6 nitrogen and oxygen atoms in total. The van der Waals surface area contributed by atoms with Gasteiger partial charge >= 0.3 is 5.97 Å². The summed E-state index contributed by atoms with van der Waals surface area (Å²) < 4.78 is 32.0. The summed E-state index contributed by atoms with van der Waals surface area (Å²) in [5.41, 5.74) is -0.0908. The number of benzene rings is 2. The summed E-state index contributed by atoms with van der Waals surface area (Å²) in [5, 5.41) is 5.06. The van der Waals surface area contributed by atoms with Crippen LogP contribution in [0.2, 0.25) is 0 Å². The van der Waals surface area contributed by atoms with Crippen LogP contribution in [0.1, 0.15) is 44.9 Å². The van der Waals surface area contributed by atoms with Crippen molar-refractivity contribution in [3.63, 3.8) is 0 Å². The predicted molar refractivity (Wildman–Crippen MR) is 111 cm³/mol. The fourth-order valence-corrected chi connectivity index (χ4v) is 2.81. The summed E-state index contributed by atoms with van der Waals surface area (Å²) in [6, 6.07) is 9.30. The molecule has 2 rings (SSSR count). The zero-order chi connectivity index (χ0) is 23.2. The van der Waals surface area contributed by atoms with Crippen LogP contribution in [-0.2, 0) is 25.5 Å². The molecule has 0 aliphatic carbocycles. The lowest BCUT2D eigenvalue weighted by Crippen LogP contribution is -2.48. The summed E-state index contributed by atoms with van der Waals surface area (Å²) in [5.74, 6) is -3.44. The van der Waals surface area contributed by atoms with Crippen LogP contribution >= 0.6 is 0 Å². The van der Waals surface area contributed by atoms with Crippen molar-refractivity contribution in [1.29, 1.82) is 0 Å². The summed E-state index contributed by atoms with van der Waals surface area (Å²) in [4.78, 5) is 37.5. The molecule has 2 N–H and O–H groups in total. The van der Waals surface area contributed by atoms with Gasteiger partial charge in [-0.15, -0.1) is 0 Å². The van der Waals surface area contributed by atoms with Gasteiger partial charge in [-0.25, -0.2) is 13.6 Å². The van der Waals surface area contributed by atoms with Crippen LogP contribution in [0.4, 0.5) is 8.78 Å². The number of hydrogen-bond acceptors (Lipinski definition) is 4. The summed E-state index contributed by atoms with van der Waals surface area (Å²) in [7, 11) is 0. The molecular formula is C23H26F2N2O4. The maximum absolute atomic E-state index is 13.3. The molecule has 31 heavy (non-hydrogen) atoms. The first-order valence-electron chi connectivity index (χ1n) is 9.77. The quantitative estimate of drug-likeness (QED) is 0.658. The fraction of sp³-hybridized carbons (Fsp3) is 0.348. The lowest BCUT2D eigenvalue weighted by Gasteiger charge is -2.26. The Bertz CT molecular complexity index is 922. The van der Waals surface area contributed by atoms with E-state index in [9.17, 15) is 23.2 Å². The molecule has 8 heteroatoms. The van der Waals surface area contributed by atoms with E-state index in [4.69, 9.17) is 4.74 Å². The first-order valence-corrected chi connectivity index (χ1v) is 9.77. The molecule has 0 aliphatic rings. The average Bonchev–Trinajstić information content (AvgIpc) is 2.64. The Morgan fingerprint density at radius 2 is 1.55 bits per heavy atom.